The molecule has 0 saturated carbocycles. The fraction of sp³-hybridized carbons (Fsp3) is 0.412. The molecule has 1 atom stereocenters. The standard InChI is InChI=1S/C17H22N4O3Si/c1-12-18-19-16(24-12)14-10-11-15(22)20(14)17(23)21(25(2,3)4)13-8-6-5-7-9-13/h5-9,14H,10-11H2,1-4H3. The molecular formula is C17H22N4O3Si. The minimum absolute atomic E-state index is 0.204. The number of para-hydroxylation sites is 1. The number of aromatic nitrogens is 2. The highest BCUT2D eigenvalue weighted by atomic mass is 28.3. The maximum atomic E-state index is 13.4. The molecular weight excluding hydrogens is 336 g/mol. The summed E-state index contributed by atoms with van der Waals surface area (Å²) in [6, 6.07) is 8.66. The van der Waals surface area contributed by atoms with Crippen LogP contribution in [0.2, 0.25) is 19.6 Å². The van der Waals surface area contributed by atoms with Crippen molar-refractivity contribution in [3.63, 3.8) is 0 Å². The fourth-order valence-electron chi connectivity index (χ4n) is 3.07. The van der Waals surface area contributed by atoms with Crippen LogP contribution in [0, 0.1) is 6.92 Å². The van der Waals surface area contributed by atoms with Gasteiger partial charge in [0.25, 0.3) is 0 Å². The van der Waals surface area contributed by atoms with E-state index in [9.17, 15) is 9.59 Å². The van der Waals surface area contributed by atoms with Crippen molar-refractivity contribution in [3.05, 3.63) is 42.1 Å². The molecule has 7 nitrogen and oxygen atoms in total. The number of imide groups is 1. The van der Waals surface area contributed by atoms with Crippen LogP contribution < -0.4 is 4.57 Å². The van der Waals surface area contributed by atoms with E-state index in [1.165, 1.54) is 4.90 Å². The van der Waals surface area contributed by atoms with Crippen molar-refractivity contribution < 1.29 is 14.0 Å². The first-order valence-electron chi connectivity index (χ1n) is 8.30. The number of likely N-dealkylation sites (tertiary alicyclic amines) is 1. The Balaban J connectivity index is 1.99. The first kappa shape index (κ1) is 17.3. The van der Waals surface area contributed by atoms with E-state index in [4.69, 9.17) is 4.42 Å². The smallest absolute Gasteiger partial charge is 0.323 e. The number of nitrogens with zero attached hydrogens (tertiary/aromatic N) is 4. The first-order chi connectivity index (χ1) is 11.8. The summed E-state index contributed by atoms with van der Waals surface area (Å²) in [6.07, 6.45) is 0.798. The third-order valence-electron chi connectivity index (χ3n) is 4.12. The highest BCUT2D eigenvalue weighted by Crippen LogP contribution is 2.35. The van der Waals surface area contributed by atoms with Gasteiger partial charge in [0.2, 0.25) is 17.7 Å². The summed E-state index contributed by atoms with van der Waals surface area (Å²) in [5.74, 6) is 0.539. The highest BCUT2D eigenvalue weighted by Gasteiger charge is 2.44. The van der Waals surface area contributed by atoms with E-state index >= 15 is 0 Å². The van der Waals surface area contributed by atoms with E-state index in [1.54, 1.807) is 11.5 Å². The molecule has 0 radical (unpaired) electrons. The molecule has 1 aliphatic heterocycles. The van der Waals surface area contributed by atoms with Gasteiger partial charge < -0.3 is 8.98 Å². The third kappa shape index (κ3) is 3.34. The number of carbonyl (C=O) groups is 2. The topological polar surface area (TPSA) is 79.5 Å². The summed E-state index contributed by atoms with van der Waals surface area (Å²) in [5.41, 5.74) is 0.798. The molecule has 1 fully saturated rings. The van der Waals surface area contributed by atoms with E-state index in [-0.39, 0.29) is 11.9 Å². The predicted molar refractivity (Wildman–Crippen MR) is 95.5 cm³/mol. The minimum Gasteiger partial charge on any atom is -0.423 e. The van der Waals surface area contributed by atoms with E-state index < -0.39 is 14.3 Å². The van der Waals surface area contributed by atoms with Crippen LogP contribution in [0.4, 0.5) is 10.5 Å². The van der Waals surface area contributed by atoms with Crippen molar-refractivity contribution in [2.75, 3.05) is 4.57 Å². The lowest BCUT2D eigenvalue weighted by Gasteiger charge is -2.37. The van der Waals surface area contributed by atoms with Gasteiger partial charge in [-0.05, 0) is 18.6 Å². The van der Waals surface area contributed by atoms with Gasteiger partial charge in [0.15, 0.2) is 8.24 Å². The van der Waals surface area contributed by atoms with Crippen molar-refractivity contribution >= 4 is 25.9 Å². The summed E-state index contributed by atoms with van der Waals surface area (Å²) in [7, 11) is -2.09. The third-order valence-corrected chi connectivity index (χ3v) is 5.91. The molecule has 132 valence electrons. The number of aryl methyl sites for hydroxylation is 1. The molecule has 0 N–H and O–H groups in total. The fourth-order valence-corrected chi connectivity index (χ4v) is 4.68. The molecule has 1 aromatic carbocycles. The molecule has 1 saturated heterocycles. The zero-order chi connectivity index (χ0) is 18.2. The number of anilines is 1. The molecule has 2 heterocycles. The van der Waals surface area contributed by atoms with Gasteiger partial charge in [0.05, 0.1) is 0 Å². The van der Waals surface area contributed by atoms with Crippen molar-refractivity contribution in [2.45, 2.75) is 45.4 Å². The SMILES string of the molecule is Cc1nnc(C2CCC(=O)N2C(=O)N(c2ccccc2)[Si](C)(C)C)o1. The van der Waals surface area contributed by atoms with Gasteiger partial charge in [0, 0.05) is 19.0 Å². The molecule has 0 aliphatic carbocycles. The Kier molecular flexibility index (Phi) is 4.46. The zero-order valence-corrected chi connectivity index (χ0v) is 15.9. The second-order valence-corrected chi connectivity index (χ2v) is 11.9. The molecule has 3 rings (SSSR count). The maximum Gasteiger partial charge on any atom is 0.323 e. The van der Waals surface area contributed by atoms with E-state index in [0.29, 0.717) is 24.6 Å². The Morgan fingerprint density at radius 3 is 2.48 bits per heavy atom. The number of amides is 3. The van der Waals surface area contributed by atoms with Gasteiger partial charge in [-0.15, -0.1) is 10.2 Å². The second-order valence-electron chi connectivity index (χ2n) is 7.10. The lowest BCUT2D eigenvalue weighted by Crippen LogP contribution is -2.56. The van der Waals surface area contributed by atoms with E-state index in [0.717, 1.165) is 5.69 Å². The van der Waals surface area contributed by atoms with Gasteiger partial charge in [0.1, 0.15) is 6.04 Å². The molecule has 1 aromatic heterocycles. The van der Waals surface area contributed by atoms with Crippen LogP contribution in [0.5, 0.6) is 0 Å². The largest absolute Gasteiger partial charge is 0.423 e. The van der Waals surface area contributed by atoms with Crippen LogP contribution in [0.25, 0.3) is 0 Å². The summed E-state index contributed by atoms with van der Waals surface area (Å²) >= 11 is 0. The quantitative estimate of drug-likeness (QED) is 0.785. The average Bonchev–Trinajstić information content (AvgIpc) is 3.12. The summed E-state index contributed by atoms with van der Waals surface area (Å²) < 4.78 is 7.26. The van der Waals surface area contributed by atoms with Gasteiger partial charge in [-0.1, -0.05) is 37.8 Å². The number of benzene rings is 1. The van der Waals surface area contributed by atoms with Crippen LogP contribution in [-0.2, 0) is 4.79 Å². The molecule has 1 aliphatic rings. The monoisotopic (exact) mass is 358 g/mol. The maximum absolute atomic E-state index is 13.4. The van der Waals surface area contributed by atoms with E-state index in [2.05, 4.69) is 29.8 Å². The Morgan fingerprint density at radius 1 is 1.24 bits per heavy atom. The van der Waals surface area contributed by atoms with Gasteiger partial charge >= 0.3 is 6.03 Å². The lowest BCUT2D eigenvalue weighted by molar-refractivity contribution is -0.126. The molecule has 2 aromatic rings. The number of hydrogen-bond donors (Lipinski definition) is 0. The summed E-state index contributed by atoms with van der Waals surface area (Å²) in [4.78, 5) is 27.1. The van der Waals surface area contributed by atoms with Crippen LogP contribution >= 0.6 is 0 Å². The van der Waals surface area contributed by atoms with Crippen molar-refractivity contribution in [3.8, 4) is 0 Å². The normalized spacial score (nSPS) is 17.8. The van der Waals surface area contributed by atoms with Crippen molar-refractivity contribution in [1.82, 2.24) is 15.1 Å². The van der Waals surface area contributed by atoms with Crippen LogP contribution in [0.1, 0.15) is 30.7 Å². The Bertz CT molecular complexity index is 785. The molecule has 1 unspecified atom stereocenters. The summed E-state index contributed by atoms with van der Waals surface area (Å²) in [6.45, 7) is 7.91. The number of carbonyl (C=O) groups excluding carboxylic acids is 2. The average molecular weight is 358 g/mol. The Hall–Kier alpha value is -2.48. The minimum atomic E-state index is -2.09. The number of rotatable bonds is 3. The predicted octanol–water partition coefficient (Wildman–Crippen LogP) is 3.50. The van der Waals surface area contributed by atoms with Crippen LogP contribution in [-0.4, -0.2) is 35.3 Å². The number of urea groups is 1. The molecule has 3 amide bonds. The lowest BCUT2D eigenvalue weighted by atomic mass is 10.2. The molecule has 8 heteroatoms. The first-order valence-corrected chi connectivity index (χ1v) is 11.7. The van der Waals surface area contributed by atoms with Crippen molar-refractivity contribution in [2.24, 2.45) is 0 Å². The van der Waals surface area contributed by atoms with Crippen molar-refractivity contribution in [1.29, 1.82) is 0 Å². The van der Waals surface area contributed by atoms with E-state index in [1.807, 2.05) is 30.3 Å². The van der Waals surface area contributed by atoms with Gasteiger partial charge in [-0.2, -0.15) is 0 Å². The molecule has 0 spiro atoms. The molecule has 25 heavy (non-hydrogen) atoms. The highest BCUT2D eigenvalue weighted by molar-refractivity contribution is 6.83. The Labute approximate surface area is 147 Å². The van der Waals surface area contributed by atoms with Gasteiger partial charge in [-0.25, -0.2) is 4.79 Å². The van der Waals surface area contributed by atoms with Crippen LogP contribution in [0.15, 0.2) is 34.7 Å². The molecule has 0 bridgehead atoms. The summed E-state index contributed by atoms with van der Waals surface area (Å²) in [5, 5.41) is 7.85. The van der Waals surface area contributed by atoms with Crippen LogP contribution in [0.3, 0.4) is 0 Å². The Morgan fingerprint density at radius 2 is 1.92 bits per heavy atom. The zero-order valence-electron chi connectivity index (χ0n) is 14.9. The second kappa shape index (κ2) is 6.44. The van der Waals surface area contributed by atoms with Gasteiger partial charge in [-0.3, -0.25) is 9.69 Å². The number of hydrogen-bond acceptors (Lipinski definition) is 5.